The van der Waals surface area contributed by atoms with E-state index in [1.165, 1.54) is 18.2 Å². The summed E-state index contributed by atoms with van der Waals surface area (Å²) in [6.45, 7) is 0. The number of hydrogen-bond donors (Lipinski definition) is 4. The lowest BCUT2D eigenvalue weighted by molar-refractivity contribution is -0.138. The topological polar surface area (TPSA) is 82.3 Å². The summed E-state index contributed by atoms with van der Waals surface area (Å²) in [6.07, 6.45) is -9.62. The van der Waals surface area contributed by atoms with Gasteiger partial charge in [0.25, 0.3) is 0 Å². The average molecular weight is 500 g/mol. The maximum Gasteiger partial charge on any atom is 0.418 e. The van der Waals surface area contributed by atoms with Crippen molar-refractivity contribution >= 4 is 34.8 Å². The molecule has 0 unspecified atom stereocenters. The van der Waals surface area contributed by atoms with Gasteiger partial charge >= 0.3 is 24.4 Å². The molecule has 35 heavy (non-hydrogen) atoms. The largest absolute Gasteiger partial charge is 0.418 e. The first-order valence-corrected chi connectivity index (χ1v) is 9.62. The van der Waals surface area contributed by atoms with Crippen LogP contribution in [-0.4, -0.2) is 12.1 Å². The quantitative estimate of drug-likeness (QED) is 0.287. The van der Waals surface area contributed by atoms with Crippen molar-refractivity contribution < 1.29 is 40.3 Å². The third-order valence-corrected chi connectivity index (χ3v) is 4.40. The smallest absolute Gasteiger partial charge is 0.308 e. The van der Waals surface area contributed by atoms with Gasteiger partial charge in [-0.2, -0.15) is 26.3 Å². The van der Waals surface area contributed by atoms with E-state index in [9.17, 15) is 40.3 Å². The van der Waals surface area contributed by atoms with Crippen molar-refractivity contribution in [1.29, 1.82) is 0 Å². The Balaban J connectivity index is 1.74. The molecule has 0 aliphatic rings. The van der Waals surface area contributed by atoms with Gasteiger partial charge in [-0.05, 0) is 48.5 Å². The molecular weight excluding hydrogens is 485 g/mol. The van der Waals surface area contributed by atoms with Crippen LogP contribution in [0.1, 0.15) is 11.1 Å². The molecule has 0 saturated heterocycles. The highest BCUT2D eigenvalue weighted by molar-refractivity contribution is 6.02. The number of alkyl halides is 6. The second kappa shape index (κ2) is 9.91. The fourth-order valence-electron chi connectivity index (χ4n) is 2.87. The molecule has 3 aromatic carbocycles. The number of nitrogens with one attached hydrogen (secondary N) is 4. The van der Waals surface area contributed by atoms with Crippen LogP contribution in [0.15, 0.2) is 66.7 Å². The molecule has 4 amide bonds. The molecule has 0 aliphatic heterocycles. The number of benzene rings is 3. The molecule has 0 saturated carbocycles. The Bertz CT molecular complexity index is 1240. The number of amides is 4. The van der Waals surface area contributed by atoms with Crippen LogP contribution in [0, 0.1) is 5.82 Å². The van der Waals surface area contributed by atoms with Crippen molar-refractivity contribution in [3.63, 3.8) is 0 Å². The molecular formula is C22H15F7N4O2. The normalized spacial score (nSPS) is 11.5. The summed E-state index contributed by atoms with van der Waals surface area (Å²) in [4.78, 5) is 24.2. The third kappa shape index (κ3) is 6.85. The van der Waals surface area contributed by atoms with Gasteiger partial charge in [0, 0.05) is 11.4 Å². The lowest BCUT2D eigenvalue weighted by Crippen LogP contribution is -2.23. The number of urea groups is 2. The molecule has 0 bridgehead atoms. The van der Waals surface area contributed by atoms with E-state index in [0.717, 1.165) is 36.4 Å². The monoisotopic (exact) mass is 500 g/mol. The Morgan fingerprint density at radius 1 is 0.600 bits per heavy atom. The zero-order chi connectivity index (χ0) is 25.8. The van der Waals surface area contributed by atoms with Gasteiger partial charge in [-0.25, -0.2) is 14.0 Å². The molecule has 4 N–H and O–H groups in total. The van der Waals surface area contributed by atoms with Gasteiger partial charge in [-0.15, -0.1) is 0 Å². The summed E-state index contributed by atoms with van der Waals surface area (Å²) >= 11 is 0. The molecule has 3 rings (SSSR count). The number of halogens is 7. The lowest BCUT2D eigenvalue weighted by atomic mass is 10.1. The van der Waals surface area contributed by atoms with Gasteiger partial charge in [0.05, 0.1) is 22.5 Å². The number of rotatable bonds is 4. The molecule has 0 aliphatic carbocycles. The molecule has 6 nitrogen and oxygen atoms in total. The fraction of sp³-hybridized carbons (Fsp3) is 0.0909. The van der Waals surface area contributed by atoms with Crippen LogP contribution in [0.4, 0.5) is 63.1 Å². The Morgan fingerprint density at radius 2 is 1.20 bits per heavy atom. The molecule has 0 heterocycles. The minimum absolute atomic E-state index is 0.239. The zero-order valence-corrected chi connectivity index (χ0v) is 17.3. The van der Waals surface area contributed by atoms with Crippen molar-refractivity contribution in [3.05, 3.63) is 83.7 Å². The summed E-state index contributed by atoms with van der Waals surface area (Å²) in [5, 5.41) is 8.21. The van der Waals surface area contributed by atoms with E-state index in [2.05, 4.69) is 16.0 Å². The zero-order valence-electron chi connectivity index (χ0n) is 17.3. The molecule has 0 fully saturated rings. The predicted octanol–water partition coefficient (Wildman–Crippen LogP) is 7.15. The maximum atomic E-state index is 13.6. The summed E-state index contributed by atoms with van der Waals surface area (Å²) in [5.74, 6) is -0.801. The van der Waals surface area contributed by atoms with E-state index in [-0.39, 0.29) is 17.1 Å². The maximum absolute atomic E-state index is 13.6. The fourth-order valence-corrected chi connectivity index (χ4v) is 2.87. The van der Waals surface area contributed by atoms with E-state index in [1.807, 2.05) is 5.32 Å². The van der Waals surface area contributed by atoms with Crippen LogP contribution in [0.2, 0.25) is 0 Å². The van der Waals surface area contributed by atoms with Gasteiger partial charge in [-0.3, -0.25) is 0 Å². The highest BCUT2D eigenvalue weighted by atomic mass is 19.4. The first-order valence-electron chi connectivity index (χ1n) is 9.62. The Kier molecular flexibility index (Phi) is 7.17. The summed E-state index contributed by atoms with van der Waals surface area (Å²) in [6, 6.07) is 8.81. The second-order valence-corrected chi connectivity index (χ2v) is 6.97. The van der Waals surface area contributed by atoms with Crippen molar-refractivity contribution in [1.82, 2.24) is 0 Å². The highest BCUT2D eigenvalue weighted by Gasteiger charge is 2.34. The second-order valence-electron chi connectivity index (χ2n) is 6.97. The number of carbonyl (C=O) groups excluding carboxylic acids is 2. The van der Waals surface area contributed by atoms with E-state index in [4.69, 9.17) is 0 Å². The van der Waals surface area contributed by atoms with E-state index < -0.39 is 47.0 Å². The number of para-hydroxylation sites is 1. The Labute approximate surface area is 193 Å². The lowest BCUT2D eigenvalue weighted by Gasteiger charge is -2.16. The summed E-state index contributed by atoms with van der Waals surface area (Å²) in [5.41, 5.74) is -3.91. The Hall–Kier alpha value is -4.29. The minimum Gasteiger partial charge on any atom is -0.308 e. The van der Waals surface area contributed by atoms with Crippen LogP contribution in [0.3, 0.4) is 0 Å². The summed E-state index contributed by atoms with van der Waals surface area (Å²) < 4.78 is 92.6. The van der Waals surface area contributed by atoms with Crippen molar-refractivity contribution in [2.45, 2.75) is 12.4 Å². The molecule has 13 heteroatoms. The standard InChI is InChI=1S/C22H15F7N4O2/c23-16-6-1-2-7-18(16)33-20(35)32-17-9-8-14(11-15(17)22(27,28)29)31-19(34)30-13-5-3-4-12(10-13)21(24,25)26/h1-11H,(H2,30,31,34)(H2,32,33,35). The van der Waals surface area contributed by atoms with Crippen LogP contribution in [-0.2, 0) is 12.4 Å². The van der Waals surface area contributed by atoms with Gasteiger partial charge in [-0.1, -0.05) is 18.2 Å². The van der Waals surface area contributed by atoms with Gasteiger partial charge < -0.3 is 21.3 Å². The molecule has 3 aromatic rings. The first-order chi connectivity index (χ1) is 16.3. The molecule has 0 spiro atoms. The van der Waals surface area contributed by atoms with Crippen molar-refractivity contribution in [2.24, 2.45) is 0 Å². The van der Waals surface area contributed by atoms with Gasteiger partial charge in [0.15, 0.2) is 0 Å². The SMILES string of the molecule is O=C(Nc1cccc(C(F)(F)F)c1)Nc1ccc(NC(=O)Nc2ccccc2F)c(C(F)(F)F)c1. The summed E-state index contributed by atoms with van der Waals surface area (Å²) in [7, 11) is 0. The van der Waals surface area contributed by atoms with Gasteiger partial charge in [0.1, 0.15) is 5.82 Å². The van der Waals surface area contributed by atoms with Crippen LogP contribution >= 0.6 is 0 Å². The van der Waals surface area contributed by atoms with Crippen LogP contribution in [0.25, 0.3) is 0 Å². The number of hydrogen-bond acceptors (Lipinski definition) is 2. The van der Waals surface area contributed by atoms with Crippen molar-refractivity contribution in [2.75, 3.05) is 21.3 Å². The minimum atomic E-state index is -4.96. The molecule has 184 valence electrons. The molecule has 0 atom stereocenters. The highest BCUT2D eigenvalue weighted by Crippen LogP contribution is 2.37. The third-order valence-electron chi connectivity index (χ3n) is 4.40. The van der Waals surface area contributed by atoms with Crippen LogP contribution < -0.4 is 21.3 Å². The van der Waals surface area contributed by atoms with E-state index >= 15 is 0 Å². The van der Waals surface area contributed by atoms with E-state index in [1.54, 1.807) is 0 Å². The predicted molar refractivity (Wildman–Crippen MR) is 115 cm³/mol. The van der Waals surface area contributed by atoms with Crippen LogP contribution in [0.5, 0.6) is 0 Å². The average Bonchev–Trinajstić information content (AvgIpc) is 2.75. The van der Waals surface area contributed by atoms with Gasteiger partial charge in [0.2, 0.25) is 0 Å². The molecule has 0 radical (unpaired) electrons. The first kappa shape index (κ1) is 25.3. The van der Waals surface area contributed by atoms with Crippen molar-refractivity contribution in [3.8, 4) is 0 Å². The number of anilines is 4. The van der Waals surface area contributed by atoms with E-state index in [0.29, 0.717) is 12.1 Å². The Morgan fingerprint density at radius 3 is 1.83 bits per heavy atom. The molecule has 0 aromatic heterocycles. The number of carbonyl (C=O) groups is 2.